The van der Waals surface area contributed by atoms with Crippen LogP contribution >= 0.6 is 0 Å². The molecule has 0 radical (unpaired) electrons. The lowest BCUT2D eigenvalue weighted by molar-refractivity contribution is 0.673. The molecule has 2 aromatic rings. The van der Waals surface area contributed by atoms with Gasteiger partial charge in [0.05, 0.1) is 4.90 Å². The number of pyridine rings is 1. The van der Waals surface area contributed by atoms with Crippen LogP contribution in [0.25, 0.3) is 0 Å². The zero-order valence-corrected chi connectivity index (χ0v) is 9.67. The van der Waals surface area contributed by atoms with Crippen LogP contribution in [0.3, 0.4) is 0 Å². The van der Waals surface area contributed by atoms with Gasteiger partial charge in [-0.05, 0) is 24.3 Å². The number of hydrogen-bond donors (Lipinski definition) is 0. The Balaban J connectivity index is 2.71. The summed E-state index contributed by atoms with van der Waals surface area (Å²) in [6, 6.07) is 13.7. The highest BCUT2D eigenvalue weighted by Gasteiger charge is 2.16. The molecule has 1 aromatic heterocycles. The molecule has 0 bridgehead atoms. The summed E-state index contributed by atoms with van der Waals surface area (Å²) < 4.78 is 16.3. The van der Waals surface area contributed by atoms with Gasteiger partial charge >= 0.3 is 0 Å². The van der Waals surface area contributed by atoms with Crippen molar-refractivity contribution < 1.29 is 4.21 Å². The van der Waals surface area contributed by atoms with E-state index in [-0.39, 0.29) is 0 Å². The van der Waals surface area contributed by atoms with E-state index < -0.39 is 9.73 Å². The van der Waals surface area contributed by atoms with Gasteiger partial charge in [0.25, 0.3) is 0 Å². The number of benzene rings is 1. The maximum absolute atomic E-state index is 12.7. The average molecular weight is 243 g/mol. The number of hydrogen-bond acceptors (Lipinski definition) is 4. The zero-order valence-electron chi connectivity index (χ0n) is 8.85. The number of aromatic nitrogens is 1. The predicted molar refractivity (Wildman–Crippen MR) is 63.4 cm³/mol. The first-order valence-corrected chi connectivity index (χ1v) is 6.40. The molecule has 1 atom stereocenters. The second kappa shape index (κ2) is 4.76. The monoisotopic (exact) mass is 243 g/mol. The third-order valence-corrected chi connectivity index (χ3v) is 4.21. The first kappa shape index (κ1) is 11.3. The Morgan fingerprint density at radius 2 is 1.82 bits per heavy atom. The van der Waals surface area contributed by atoms with Gasteiger partial charge in [-0.1, -0.05) is 24.3 Å². The first-order valence-electron chi connectivity index (χ1n) is 4.89. The van der Waals surface area contributed by atoms with E-state index >= 15 is 0 Å². The first-order chi connectivity index (χ1) is 8.27. The summed E-state index contributed by atoms with van der Waals surface area (Å²) in [5.74, 6) is 0. The number of nitrogens with zero attached hydrogens (tertiary/aromatic N) is 3. The predicted octanol–water partition coefficient (Wildman–Crippen LogP) is 2.45. The second-order valence-corrected chi connectivity index (χ2v) is 5.32. The molecule has 0 aliphatic rings. The maximum Gasteiger partial charge on any atom is 0.215 e. The third kappa shape index (κ3) is 2.17. The van der Waals surface area contributed by atoms with E-state index in [0.29, 0.717) is 9.92 Å². The standard InChI is InChI=1S/C12H9N3OS/c13-10-15-17(16,11-6-2-1-3-7-11)12-8-4-5-9-14-12/h1-9H. The molecule has 0 amide bonds. The van der Waals surface area contributed by atoms with Gasteiger partial charge in [0.1, 0.15) is 14.8 Å². The quantitative estimate of drug-likeness (QED) is 0.761. The van der Waals surface area contributed by atoms with Crippen molar-refractivity contribution in [2.45, 2.75) is 9.92 Å². The van der Waals surface area contributed by atoms with Crippen LogP contribution in [-0.2, 0) is 9.73 Å². The Morgan fingerprint density at radius 1 is 1.12 bits per heavy atom. The molecule has 1 heterocycles. The van der Waals surface area contributed by atoms with E-state index in [0.717, 1.165) is 0 Å². The zero-order chi connectivity index (χ0) is 12.1. The van der Waals surface area contributed by atoms with Gasteiger partial charge in [-0.15, -0.1) is 4.36 Å². The number of nitriles is 1. The van der Waals surface area contributed by atoms with E-state index in [9.17, 15) is 4.21 Å². The molecule has 84 valence electrons. The lowest BCUT2D eigenvalue weighted by atomic mass is 10.4. The van der Waals surface area contributed by atoms with Crippen LogP contribution in [0.4, 0.5) is 0 Å². The minimum Gasteiger partial charge on any atom is -0.246 e. The highest BCUT2D eigenvalue weighted by molar-refractivity contribution is 7.93. The van der Waals surface area contributed by atoms with Gasteiger partial charge in [-0.25, -0.2) is 9.19 Å². The molecule has 0 N–H and O–H groups in total. The lowest BCUT2D eigenvalue weighted by Gasteiger charge is -2.06. The largest absolute Gasteiger partial charge is 0.246 e. The van der Waals surface area contributed by atoms with E-state index in [4.69, 9.17) is 5.26 Å². The van der Waals surface area contributed by atoms with E-state index in [1.54, 1.807) is 48.7 Å². The summed E-state index contributed by atoms with van der Waals surface area (Å²) in [6.45, 7) is 0. The lowest BCUT2D eigenvalue weighted by Crippen LogP contribution is -2.03. The molecule has 0 aliphatic heterocycles. The van der Waals surface area contributed by atoms with Gasteiger partial charge in [-0.3, -0.25) is 0 Å². The van der Waals surface area contributed by atoms with Crippen LogP contribution in [0, 0.1) is 11.5 Å². The summed E-state index contributed by atoms with van der Waals surface area (Å²) in [5.41, 5.74) is 0. The molecule has 0 aliphatic carbocycles. The van der Waals surface area contributed by atoms with Crippen LogP contribution in [0.5, 0.6) is 0 Å². The topological polar surface area (TPSA) is 66.1 Å². The van der Waals surface area contributed by atoms with Crippen LogP contribution in [0.15, 0.2) is 69.0 Å². The minimum absolute atomic E-state index is 0.299. The maximum atomic E-state index is 12.7. The van der Waals surface area contributed by atoms with Gasteiger partial charge < -0.3 is 0 Å². The normalized spacial score (nSPS) is 13.4. The molecule has 0 saturated carbocycles. The highest BCUT2D eigenvalue weighted by Crippen LogP contribution is 2.20. The molecular formula is C12H9N3OS. The van der Waals surface area contributed by atoms with Crippen molar-refractivity contribution in [3.05, 3.63) is 54.7 Å². The Bertz CT molecular complexity index is 608. The molecule has 17 heavy (non-hydrogen) atoms. The fourth-order valence-electron chi connectivity index (χ4n) is 1.39. The van der Waals surface area contributed by atoms with Crippen molar-refractivity contribution in [3.63, 3.8) is 0 Å². The minimum atomic E-state index is -2.94. The Labute approximate surface area is 99.7 Å². The van der Waals surface area contributed by atoms with Crippen molar-refractivity contribution in [2.24, 2.45) is 4.36 Å². The van der Waals surface area contributed by atoms with Crippen LogP contribution < -0.4 is 0 Å². The molecule has 4 nitrogen and oxygen atoms in total. The molecule has 1 aromatic carbocycles. The summed E-state index contributed by atoms with van der Waals surface area (Å²) in [6.07, 6.45) is 3.15. The summed E-state index contributed by atoms with van der Waals surface area (Å²) >= 11 is 0. The Kier molecular flexibility index (Phi) is 3.17. The molecular weight excluding hydrogens is 234 g/mol. The van der Waals surface area contributed by atoms with Crippen LogP contribution in [0.1, 0.15) is 0 Å². The fraction of sp³-hybridized carbons (Fsp3) is 0. The van der Waals surface area contributed by atoms with Gasteiger partial charge in [0.15, 0.2) is 0 Å². The fourth-order valence-corrected chi connectivity index (χ4v) is 2.94. The van der Waals surface area contributed by atoms with Crippen molar-refractivity contribution in [2.75, 3.05) is 0 Å². The molecule has 0 saturated heterocycles. The highest BCUT2D eigenvalue weighted by atomic mass is 32.2. The van der Waals surface area contributed by atoms with Gasteiger partial charge in [-0.2, -0.15) is 5.26 Å². The van der Waals surface area contributed by atoms with Crippen molar-refractivity contribution in [1.82, 2.24) is 4.98 Å². The van der Waals surface area contributed by atoms with Gasteiger partial charge in [0, 0.05) is 6.20 Å². The number of rotatable bonds is 2. The van der Waals surface area contributed by atoms with Gasteiger partial charge in [0.2, 0.25) is 6.19 Å². The molecule has 5 heteroatoms. The van der Waals surface area contributed by atoms with E-state index in [1.165, 1.54) is 6.20 Å². The third-order valence-electron chi connectivity index (χ3n) is 2.15. The molecule has 0 fully saturated rings. The van der Waals surface area contributed by atoms with E-state index in [1.807, 2.05) is 6.07 Å². The smallest absolute Gasteiger partial charge is 0.215 e. The molecule has 1 unspecified atom stereocenters. The summed E-state index contributed by atoms with van der Waals surface area (Å²) in [7, 11) is -2.94. The second-order valence-electron chi connectivity index (χ2n) is 3.20. The Hall–Kier alpha value is -2.19. The van der Waals surface area contributed by atoms with Crippen molar-refractivity contribution in [1.29, 1.82) is 5.26 Å². The molecule has 2 rings (SSSR count). The van der Waals surface area contributed by atoms with E-state index in [2.05, 4.69) is 9.35 Å². The Morgan fingerprint density at radius 3 is 2.41 bits per heavy atom. The summed E-state index contributed by atoms with van der Waals surface area (Å²) in [5, 5.41) is 9.00. The molecule has 0 spiro atoms. The van der Waals surface area contributed by atoms with Crippen LogP contribution in [0.2, 0.25) is 0 Å². The van der Waals surface area contributed by atoms with Crippen molar-refractivity contribution in [3.8, 4) is 6.19 Å². The van der Waals surface area contributed by atoms with Crippen LogP contribution in [-0.4, -0.2) is 9.19 Å². The summed E-state index contributed by atoms with van der Waals surface area (Å²) in [4.78, 5) is 4.51. The van der Waals surface area contributed by atoms with Crippen molar-refractivity contribution >= 4 is 9.73 Å². The average Bonchev–Trinajstić information content (AvgIpc) is 2.41. The SMILES string of the molecule is N#CN=S(=O)(c1ccccc1)c1ccccn1.